The van der Waals surface area contributed by atoms with E-state index in [1.807, 2.05) is 28.8 Å². The second-order valence-corrected chi connectivity index (χ2v) is 7.72. The molecule has 0 aliphatic carbocycles. The minimum atomic E-state index is -3.42. The molecule has 1 aromatic carbocycles. The third-order valence-corrected chi connectivity index (χ3v) is 5.20. The van der Waals surface area contributed by atoms with E-state index in [0.717, 1.165) is 11.3 Å². The third kappa shape index (κ3) is 5.03. The number of benzene rings is 1. The van der Waals surface area contributed by atoms with Gasteiger partial charge in [0.05, 0.1) is 17.5 Å². The maximum atomic E-state index is 12.8. The fraction of sp³-hybridized carbons (Fsp3) is 0.278. The Morgan fingerprint density at radius 3 is 2.77 bits per heavy atom. The molecule has 0 unspecified atom stereocenters. The van der Waals surface area contributed by atoms with Crippen LogP contribution in [-0.2, 0) is 16.4 Å². The van der Waals surface area contributed by atoms with Gasteiger partial charge in [0, 0.05) is 19.2 Å². The van der Waals surface area contributed by atoms with E-state index in [1.165, 1.54) is 24.3 Å². The van der Waals surface area contributed by atoms with Crippen molar-refractivity contribution in [2.45, 2.75) is 12.8 Å². The van der Waals surface area contributed by atoms with Crippen molar-refractivity contribution >= 4 is 15.5 Å². The van der Waals surface area contributed by atoms with Gasteiger partial charge in [0.1, 0.15) is 24.0 Å². The largest absolute Gasteiger partial charge is 0.492 e. The number of aromatic nitrogens is 2. The van der Waals surface area contributed by atoms with E-state index in [1.54, 1.807) is 6.20 Å². The molecule has 3 aromatic rings. The minimum Gasteiger partial charge on any atom is -0.492 e. The van der Waals surface area contributed by atoms with Gasteiger partial charge >= 0.3 is 0 Å². The molecule has 26 heavy (non-hydrogen) atoms. The summed E-state index contributed by atoms with van der Waals surface area (Å²) in [5.41, 5.74) is 1.01. The van der Waals surface area contributed by atoms with Crippen LogP contribution >= 0.6 is 0 Å². The molecule has 2 aromatic heterocycles. The van der Waals surface area contributed by atoms with Crippen LogP contribution in [0, 0.1) is 5.82 Å². The standard InChI is InChI=1S/C18H20FN3O3S/c19-15-6-8-17(9-7-15)25-12-13-26(23,24)21-10-3-5-18-20-14-16-4-1-2-11-22(16)18/h1-2,4,6-9,11,14,21H,3,5,10,12-13H2. The highest BCUT2D eigenvalue weighted by Gasteiger charge is 2.10. The number of ether oxygens (including phenoxy) is 1. The summed E-state index contributed by atoms with van der Waals surface area (Å²) < 4.78 is 46.6. The number of rotatable bonds is 9. The summed E-state index contributed by atoms with van der Waals surface area (Å²) in [7, 11) is -3.42. The number of pyridine rings is 1. The summed E-state index contributed by atoms with van der Waals surface area (Å²) in [6.07, 6.45) is 5.06. The quantitative estimate of drug-likeness (QED) is 0.581. The van der Waals surface area contributed by atoms with Gasteiger partial charge < -0.3 is 9.14 Å². The lowest BCUT2D eigenvalue weighted by atomic mass is 10.3. The fourth-order valence-electron chi connectivity index (χ4n) is 2.53. The van der Waals surface area contributed by atoms with Crippen molar-refractivity contribution in [2.24, 2.45) is 0 Å². The zero-order valence-corrected chi connectivity index (χ0v) is 15.0. The summed E-state index contributed by atoms with van der Waals surface area (Å²) in [4.78, 5) is 4.36. The monoisotopic (exact) mass is 377 g/mol. The Labute approximate surface area is 151 Å². The molecule has 1 N–H and O–H groups in total. The fourth-order valence-corrected chi connectivity index (χ4v) is 3.43. The van der Waals surface area contributed by atoms with Gasteiger partial charge in [-0.15, -0.1) is 0 Å². The van der Waals surface area contributed by atoms with Crippen molar-refractivity contribution in [2.75, 3.05) is 18.9 Å². The lowest BCUT2D eigenvalue weighted by Gasteiger charge is -2.08. The van der Waals surface area contributed by atoms with Crippen LogP contribution in [0.25, 0.3) is 5.52 Å². The molecule has 0 radical (unpaired) electrons. The summed E-state index contributed by atoms with van der Waals surface area (Å²) in [5.74, 6) is 0.820. The number of imidazole rings is 1. The number of hydrogen-bond donors (Lipinski definition) is 1. The lowest BCUT2D eigenvalue weighted by molar-refractivity contribution is 0.339. The van der Waals surface area contributed by atoms with Gasteiger partial charge in [-0.25, -0.2) is 22.5 Å². The molecule has 0 amide bonds. The highest BCUT2D eigenvalue weighted by molar-refractivity contribution is 7.89. The van der Waals surface area contributed by atoms with Gasteiger partial charge in [-0.3, -0.25) is 0 Å². The van der Waals surface area contributed by atoms with Crippen molar-refractivity contribution in [3.05, 3.63) is 66.5 Å². The first-order valence-corrected chi connectivity index (χ1v) is 9.95. The summed E-state index contributed by atoms with van der Waals surface area (Å²) in [5, 5.41) is 0. The maximum absolute atomic E-state index is 12.8. The van der Waals surface area contributed by atoms with E-state index in [0.29, 0.717) is 25.1 Å². The van der Waals surface area contributed by atoms with E-state index in [2.05, 4.69) is 9.71 Å². The number of aryl methyl sites for hydroxylation is 1. The molecular weight excluding hydrogens is 357 g/mol. The molecule has 3 rings (SSSR count). The van der Waals surface area contributed by atoms with Crippen molar-refractivity contribution in [3.63, 3.8) is 0 Å². The predicted octanol–water partition coefficient (Wildman–Crippen LogP) is 2.40. The average molecular weight is 377 g/mol. The van der Waals surface area contributed by atoms with Gasteiger partial charge in [0.15, 0.2) is 0 Å². The molecule has 0 spiro atoms. The molecule has 0 bridgehead atoms. The van der Waals surface area contributed by atoms with Crippen molar-refractivity contribution in [3.8, 4) is 5.75 Å². The Morgan fingerprint density at radius 1 is 1.15 bits per heavy atom. The van der Waals surface area contributed by atoms with Crippen LogP contribution < -0.4 is 9.46 Å². The van der Waals surface area contributed by atoms with Crippen LogP contribution in [-0.4, -0.2) is 36.7 Å². The number of nitrogens with one attached hydrogen (secondary N) is 1. The Balaban J connectivity index is 1.40. The Hall–Kier alpha value is -2.45. The van der Waals surface area contributed by atoms with Crippen LogP contribution in [0.1, 0.15) is 12.2 Å². The Bertz CT molecular complexity index is 955. The van der Waals surface area contributed by atoms with Gasteiger partial charge in [0.2, 0.25) is 10.0 Å². The van der Waals surface area contributed by atoms with E-state index < -0.39 is 10.0 Å². The molecule has 8 heteroatoms. The number of nitrogens with zero attached hydrogens (tertiary/aromatic N) is 2. The van der Waals surface area contributed by atoms with Crippen molar-refractivity contribution < 1.29 is 17.5 Å². The van der Waals surface area contributed by atoms with Crippen molar-refractivity contribution in [1.82, 2.24) is 14.1 Å². The summed E-state index contributed by atoms with van der Waals surface area (Å²) in [6.45, 7) is 0.340. The molecule has 0 aliphatic heterocycles. The third-order valence-electron chi connectivity index (χ3n) is 3.85. The number of fused-ring (bicyclic) bond motifs is 1. The number of hydrogen-bond acceptors (Lipinski definition) is 4. The minimum absolute atomic E-state index is 0.00581. The first-order chi connectivity index (χ1) is 12.5. The second kappa shape index (κ2) is 8.29. The topological polar surface area (TPSA) is 72.7 Å². The van der Waals surface area contributed by atoms with Crippen LogP contribution in [0.15, 0.2) is 54.9 Å². The Kier molecular flexibility index (Phi) is 5.85. The maximum Gasteiger partial charge on any atom is 0.214 e. The molecule has 6 nitrogen and oxygen atoms in total. The first-order valence-electron chi connectivity index (χ1n) is 8.30. The van der Waals surface area contributed by atoms with Gasteiger partial charge in [-0.05, 0) is 42.8 Å². The SMILES string of the molecule is O=S(=O)(CCOc1ccc(F)cc1)NCCCc1ncc2ccccn12. The summed E-state index contributed by atoms with van der Waals surface area (Å²) >= 11 is 0. The molecule has 0 aliphatic rings. The van der Waals surface area contributed by atoms with Gasteiger partial charge in [-0.1, -0.05) is 6.07 Å². The lowest BCUT2D eigenvalue weighted by Crippen LogP contribution is -2.30. The average Bonchev–Trinajstić information content (AvgIpc) is 3.04. The molecule has 0 fully saturated rings. The first kappa shape index (κ1) is 18.3. The van der Waals surface area contributed by atoms with Crippen LogP contribution in [0.3, 0.4) is 0 Å². The molecular formula is C18H20FN3O3S. The normalized spacial score (nSPS) is 11.7. The number of halogens is 1. The van der Waals surface area contributed by atoms with Crippen LogP contribution in [0.5, 0.6) is 5.75 Å². The second-order valence-electron chi connectivity index (χ2n) is 5.79. The van der Waals surface area contributed by atoms with Gasteiger partial charge in [0.25, 0.3) is 0 Å². The smallest absolute Gasteiger partial charge is 0.214 e. The van der Waals surface area contributed by atoms with E-state index in [4.69, 9.17) is 4.74 Å². The van der Waals surface area contributed by atoms with Crippen LogP contribution in [0.4, 0.5) is 4.39 Å². The van der Waals surface area contributed by atoms with Crippen molar-refractivity contribution in [1.29, 1.82) is 0 Å². The molecule has 0 saturated carbocycles. The van der Waals surface area contributed by atoms with E-state index in [9.17, 15) is 12.8 Å². The molecule has 2 heterocycles. The highest BCUT2D eigenvalue weighted by Crippen LogP contribution is 2.11. The molecule has 138 valence electrons. The Morgan fingerprint density at radius 2 is 1.96 bits per heavy atom. The number of sulfonamides is 1. The zero-order valence-electron chi connectivity index (χ0n) is 14.1. The van der Waals surface area contributed by atoms with E-state index >= 15 is 0 Å². The van der Waals surface area contributed by atoms with E-state index in [-0.39, 0.29) is 18.2 Å². The van der Waals surface area contributed by atoms with Crippen LogP contribution in [0.2, 0.25) is 0 Å². The molecule has 0 saturated heterocycles. The zero-order chi connectivity index (χ0) is 18.4. The molecule has 0 atom stereocenters. The predicted molar refractivity (Wildman–Crippen MR) is 97.2 cm³/mol. The van der Waals surface area contributed by atoms with Gasteiger partial charge in [-0.2, -0.15) is 0 Å². The summed E-state index contributed by atoms with van der Waals surface area (Å²) in [6, 6.07) is 11.3. The highest BCUT2D eigenvalue weighted by atomic mass is 32.2.